The van der Waals surface area contributed by atoms with Crippen molar-refractivity contribution in [3.8, 4) is 10.6 Å². The molecule has 126 valence electrons. The molecule has 0 spiro atoms. The summed E-state index contributed by atoms with van der Waals surface area (Å²) in [6.07, 6.45) is 1.75. The SMILES string of the molecule is CC(NC(=O)c1cccc([N+](=O)[O-])c1)c1cccc(-c2nccs2)c1. The summed E-state index contributed by atoms with van der Waals surface area (Å²) in [5.74, 6) is -0.351. The molecule has 0 aliphatic carbocycles. The number of carbonyl (C=O) groups excluding carboxylic acids is 1. The van der Waals surface area contributed by atoms with Gasteiger partial charge < -0.3 is 5.32 Å². The highest BCUT2D eigenvalue weighted by molar-refractivity contribution is 7.13. The molecule has 25 heavy (non-hydrogen) atoms. The van der Waals surface area contributed by atoms with Crippen LogP contribution in [0.2, 0.25) is 0 Å². The number of non-ortho nitro benzene ring substituents is 1. The van der Waals surface area contributed by atoms with Crippen LogP contribution in [-0.4, -0.2) is 15.8 Å². The van der Waals surface area contributed by atoms with Gasteiger partial charge in [0, 0.05) is 34.8 Å². The van der Waals surface area contributed by atoms with Gasteiger partial charge in [0.25, 0.3) is 11.6 Å². The summed E-state index contributed by atoms with van der Waals surface area (Å²) in [7, 11) is 0. The van der Waals surface area contributed by atoms with E-state index in [0.717, 1.165) is 16.1 Å². The second-order valence-electron chi connectivity index (χ2n) is 5.47. The maximum absolute atomic E-state index is 12.4. The van der Waals surface area contributed by atoms with Crippen LogP contribution in [0, 0.1) is 10.1 Å². The first kappa shape index (κ1) is 16.8. The molecule has 0 radical (unpaired) electrons. The van der Waals surface area contributed by atoms with E-state index in [0.29, 0.717) is 0 Å². The number of nitro benzene ring substituents is 1. The molecule has 0 fully saturated rings. The largest absolute Gasteiger partial charge is 0.346 e. The second kappa shape index (κ2) is 7.23. The zero-order valence-corrected chi connectivity index (χ0v) is 14.2. The number of rotatable bonds is 5. The number of hydrogen-bond donors (Lipinski definition) is 1. The van der Waals surface area contributed by atoms with Crippen molar-refractivity contribution >= 4 is 22.9 Å². The molecule has 0 aliphatic heterocycles. The van der Waals surface area contributed by atoms with Gasteiger partial charge in [0.1, 0.15) is 5.01 Å². The minimum atomic E-state index is -0.516. The average Bonchev–Trinajstić information content (AvgIpc) is 3.16. The van der Waals surface area contributed by atoms with E-state index in [4.69, 9.17) is 0 Å². The number of aromatic nitrogens is 1. The van der Waals surface area contributed by atoms with E-state index in [-0.39, 0.29) is 23.2 Å². The third kappa shape index (κ3) is 3.89. The minimum Gasteiger partial charge on any atom is -0.346 e. The summed E-state index contributed by atoms with van der Waals surface area (Å²) < 4.78 is 0. The lowest BCUT2D eigenvalue weighted by atomic mass is 10.0. The maximum atomic E-state index is 12.4. The van der Waals surface area contributed by atoms with Crippen molar-refractivity contribution in [3.63, 3.8) is 0 Å². The van der Waals surface area contributed by atoms with Crippen molar-refractivity contribution in [2.75, 3.05) is 0 Å². The number of nitrogens with one attached hydrogen (secondary N) is 1. The van der Waals surface area contributed by atoms with Gasteiger partial charge in [-0.1, -0.05) is 24.3 Å². The topological polar surface area (TPSA) is 85.1 Å². The van der Waals surface area contributed by atoms with Crippen molar-refractivity contribution in [2.45, 2.75) is 13.0 Å². The van der Waals surface area contributed by atoms with E-state index in [9.17, 15) is 14.9 Å². The van der Waals surface area contributed by atoms with E-state index in [2.05, 4.69) is 10.3 Å². The van der Waals surface area contributed by atoms with Gasteiger partial charge in [0.05, 0.1) is 11.0 Å². The second-order valence-corrected chi connectivity index (χ2v) is 6.36. The predicted octanol–water partition coefficient (Wildman–Crippen LogP) is 4.21. The number of thiazole rings is 1. The van der Waals surface area contributed by atoms with Gasteiger partial charge in [-0.15, -0.1) is 11.3 Å². The predicted molar refractivity (Wildman–Crippen MR) is 96.5 cm³/mol. The Kier molecular flexibility index (Phi) is 4.85. The van der Waals surface area contributed by atoms with Crippen LogP contribution in [-0.2, 0) is 0 Å². The molecule has 1 heterocycles. The fourth-order valence-corrected chi connectivity index (χ4v) is 3.07. The number of benzene rings is 2. The highest BCUT2D eigenvalue weighted by Crippen LogP contribution is 2.25. The normalized spacial score (nSPS) is 11.7. The fraction of sp³-hybridized carbons (Fsp3) is 0.111. The first-order chi connectivity index (χ1) is 12.0. The Hall–Kier alpha value is -3.06. The third-order valence-electron chi connectivity index (χ3n) is 3.73. The van der Waals surface area contributed by atoms with Crippen LogP contribution in [0.1, 0.15) is 28.9 Å². The fourth-order valence-electron chi connectivity index (χ4n) is 2.43. The highest BCUT2D eigenvalue weighted by Gasteiger charge is 2.15. The van der Waals surface area contributed by atoms with Gasteiger partial charge in [-0.05, 0) is 24.6 Å². The Balaban J connectivity index is 1.77. The molecule has 1 atom stereocenters. The zero-order valence-electron chi connectivity index (χ0n) is 13.4. The van der Waals surface area contributed by atoms with E-state index in [1.54, 1.807) is 23.6 Å². The Morgan fingerprint density at radius 2 is 2.04 bits per heavy atom. The number of carbonyl (C=O) groups is 1. The van der Waals surface area contributed by atoms with Crippen molar-refractivity contribution in [1.29, 1.82) is 0 Å². The Morgan fingerprint density at radius 3 is 2.76 bits per heavy atom. The first-order valence-corrected chi connectivity index (χ1v) is 8.47. The lowest BCUT2D eigenvalue weighted by Gasteiger charge is -2.15. The molecule has 3 rings (SSSR count). The molecule has 1 amide bonds. The molecule has 7 heteroatoms. The zero-order chi connectivity index (χ0) is 17.8. The average molecular weight is 353 g/mol. The molecule has 1 aromatic heterocycles. The summed E-state index contributed by atoms with van der Waals surface area (Å²) in [5.41, 5.74) is 2.08. The molecule has 3 aromatic rings. The summed E-state index contributed by atoms with van der Waals surface area (Å²) >= 11 is 1.55. The molecule has 0 saturated heterocycles. The van der Waals surface area contributed by atoms with Gasteiger partial charge in [0.2, 0.25) is 0 Å². The van der Waals surface area contributed by atoms with Crippen LogP contribution in [0.5, 0.6) is 0 Å². The molecule has 0 bridgehead atoms. The lowest BCUT2D eigenvalue weighted by molar-refractivity contribution is -0.384. The monoisotopic (exact) mass is 353 g/mol. The van der Waals surface area contributed by atoms with Crippen molar-refractivity contribution in [1.82, 2.24) is 10.3 Å². The number of nitro groups is 1. The van der Waals surface area contributed by atoms with Gasteiger partial charge in [-0.2, -0.15) is 0 Å². The summed E-state index contributed by atoms with van der Waals surface area (Å²) in [6, 6.07) is 13.2. The van der Waals surface area contributed by atoms with E-state index < -0.39 is 4.92 Å². The highest BCUT2D eigenvalue weighted by atomic mass is 32.1. The van der Waals surface area contributed by atoms with Crippen LogP contribution < -0.4 is 5.32 Å². The molecular weight excluding hydrogens is 338 g/mol. The quantitative estimate of drug-likeness (QED) is 0.550. The Morgan fingerprint density at radius 1 is 1.24 bits per heavy atom. The number of hydrogen-bond acceptors (Lipinski definition) is 5. The third-order valence-corrected chi connectivity index (χ3v) is 4.55. The minimum absolute atomic E-state index is 0.105. The molecule has 6 nitrogen and oxygen atoms in total. The van der Waals surface area contributed by atoms with Gasteiger partial charge in [-0.3, -0.25) is 14.9 Å². The van der Waals surface area contributed by atoms with Crippen molar-refractivity contribution in [2.24, 2.45) is 0 Å². The van der Waals surface area contributed by atoms with E-state index in [1.165, 1.54) is 18.2 Å². The van der Waals surface area contributed by atoms with Crippen LogP contribution in [0.4, 0.5) is 5.69 Å². The van der Waals surface area contributed by atoms with Crippen LogP contribution in [0.25, 0.3) is 10.6 Å². The summed E-state index contributed by atoms with van der Waals surface area (Å²) in [6.45, 7) is 1.87. The molecular formula is C18H15N3O3S. The van der Waals surface area contributed by atoms with Crippen molar-refractivity contribution in [3.05, 3.63) is 81.3 Å². The standard InChI is InChI=1S/C18H15N3O3S/c1-12(13-4-2-6-15(10-13)18-19-8-9-25-18)20-17(22)14-5-3-7-16(11-14)21(23)24/h2-12H,1H3,(H,20,22). The van der Waals surface area contributed by atoms with E-state index in [1.807, 2.05) is 36.6 Å². The lowest BCUT2D eigenvalue weighted by Crippen LogP contribution is -2.26. The van der Waals surface area contributed by atoms with Crippen molar-refractivity contribution < 1.29 is 9.72 Å². The van der Waals surface area contributed by atoms with Crippen LogP contribution in [0.15, 0.2) is 60.1 Å². The van der Waals surface area contributed by atoms with Gasteiger partial charge >= 0.3 is 0 Å². The molecule has 1 unspecified atom stereocenters. The Labute approximate surface area is 148 Å². The smallest absolute Gasteiger partial charge is 0.270 e. The molecule has 0 saturated carbocycles. The summed E-state index contributed by atoms with van der Waals surface area (Å²) in [5, 5.41) is 16.5. The molecule has 2 aromatic carbocycles. The Bertz CT molecular complexity index is 909. The van der Waals surface area contributed by atoms with Gasteiger partial charge in [-0.25, -0.2) is 4.98 Å². The van der Waals surface area contributed by atoms with Gasteiger partial charge in [0.15, 0.2) is 0 Å². The first-order valence-electron chi connectivity index (χ1n) is 7.60. The maximum Gasteiger partial charge on any atom is 0.270 e. The van der Waals surface area contributed by atoms with Crippen LogP contribution >= 0.6 is 11.3 Å². The van der Waals surface area contributed by atoms with E-state index >= 15 is 0 Å². The number of amides is 1. The molecule has 0 aliphatic rings. The van der Waals surface area contributed by atoms with Crippen LogP contribution in [0.3, 0.4) is 0 Å². The summed E-state index contributed by atoms with van der Waals surface area (Å²) in [4.78, 5) is 27.0. The molecule has 1 N–H and O–H groups in total. The number of nitrogens with zero attached hydrogens (tertiary/aromatic N) is 2.